The zero-order valence-corrected chi connectivity index (χ0v) is 15.3. The van der Waals surface area contributed by atoms with Gasteiger partial charge in [0.15, 0.2) is 0 Å². The normalized spacial score (nSPS) is 25.1. The Morgan fingerprint density at radius 2 is 2.22 bits per heavy atom. The van der Waals surface area contributed by atoms with E-state index in [0.717, 1.165) is 42.6 Å². The molecule has 0 saturated carbocycles. The Morgan fingerprint density at radius 1 is 1.30 bits per heavy atom. The van der Waals surface area contributed by atoms with Crippen molar-refractivity contribution in [2.45, 2.75) is 32.4 Å². The maximum absolute atomic E-state index is 12.7. The summed E-state index contributed by atoms with van der Waals surface area (Å²) in [7, 11) is 0. The highest BCUT2D eigenvalue weighted by atomic mass is 16.2. The molecule has 1 amide bonds. The lowest BCUT2D eigenvalue weighted by atomic mass is 10.1. The van der Waals surface area contributed by atoms with Gasteiger partial charge in [-0.1, -0.05) is 6.92 Å². The molecule has 0 radical (unpaired) electrons. The summed E-state index contributed by atoms with van der Waals surface area (Å²) in [6, 6.07) is 4.10. The van der Waals surface area contributed by atoms with Crippen LogP contribution in [0.4, 0.5) is 5.69 Å². The third kappa shape index (κ3) is 2.88. The van der Waals surface area contributed by atoms with Crippen molar-refractivity contribution in [2.24, 2.45) is 10.9 Å². The maximum atomic E-state index is 12.7. The summed E-state index contributed by atoms with van der Waals surface area (Å²) in [5.41, 5.74) is 2.23. The van der Waals surface area contributed by atoms with Gasteiger partial charge in [-0.05, 0) is 43.5 Å². The molecule has 1 saturated heterocycles. The van der Waals surface area contributed by atoms with E-state index < -0.39 is 0 Å². The smallest absolute Gasteiger partial charge is 0.262 e. The molecule has 7 nitrogen and oxygen atoms in total. The summed E-state index contributed by atoms with van der Waals surface area (Å²) in [5.74, 6) is 1.54. The first kappa shape index (κ1) is 16.4. The van der Waals surface area contributed by atoms with Gasteiger partial charge in [0.05, 0.1) is 29.7 Å². The molecule has 0 bridgehead atoms. The molecule has 0 spiro atoms. The summed E-state index contributed by atoms with van der Waals surface area (Å²) in [5, 5.41) is 4.61. The van der Waals surface area contributed by atoms with Crippen LogP contribution < -0.4 is 4.90 Å². The predicted octanol–water partition coefficient (Wildman–Crippen LogP) is 2.42. The molecule has 2 aromatic heterocycles. The molecule has 5 rings (SSSR count). The number of rotatable bonds is 3. The molecule has 3 aliphatic rings. The average molecular weight is 362 g/mol. The maximum Gasteiger partial charge on any atom is 0.262 e. The fraction of sp³-hybridized carbons (Fsp3) is 0.400. The number of aliphatic imine (C=N–C) groups is 1. The van der Waals surface area contributed by atoms with Crippen molar-refractivity contribution >= 4 is 23.6 Å². The Morgan fingerprint density at radius 3 is 2.89 bits per heavy atom. The van der Waals surface area contributed by atoms with Gasteiger partial charge in [-0.25, -0.2) is 9.67 Å². The van der Waals surface area contributed by atoms with Crippen LogP contribution in [-0.4, -0.2) is 50.9 Å². The zero-order valence-electron chi connectivity index (χ0n) is 15.3. The van der Waals surface area contributed by atoms with Gasteiger partial charge in [-0.2, -0.15) is 5.10 Å². The second-order valence-electron chi connectivity index (χ2n) is 7.57. The van der Waals surface area contributed by atoms with E-state index in [1.165, 1.54) is 6.42 Å². The Kier molecular flexibility index (Phi) is 3.89. The Labute approximate surface area is 158 Å². The first-order valence-corrected chi connectivity index (χ1v) is 9.48. The molecule has 0 aromatic carbocycles. The Bertz CT molecular complexity index is 931. The van der Waals surface area contributed by atoms with Crippen LogP contribution in [0.5, 0.6) is 0 Å². The number of fused-ring (bicyclic) bond motifs is 1. The summed E-state index contributed by atoms with van der Waals surface area (Å²) >= 11 is 0. The number of pyridine rings is 1. The van der Waals surface area contributed by atoms with Crippen LogP contribution in [-0.2, 0) is 6.54 Å². The number of anilines is 1. The molecule has 5 heterocycles. The lowest BCUT2D eigenvalue weighted by molar-refractivity contribution is 0.0996. The summed E-state index contributed by atoms with van der Waals surface area (Å²) in [6.45, 7) is 5.07. The van der Waals surface area contributed by atoms with Crippen molar-refractivity contribution in [1.82, 2.24) is 19.7 Å². The highest BCUT2D eigenvalue weighted by Crippen LogP contribution is 2.28. The Balaban J connectivity index is 1.31. The molecule has 2 atom stereocenters. The first-order chi connectivity index (χ1) is 13.2. The van der Waals surface area contributed by atoms with Crippen LogP contribution in [0.1, 0.15) is 35.8 Å². The van der Waals surface area contributed by atoms with Crippen LogP contribution in [0.2, 0.25) is 0 Å². The quantitative estimate of drug-likeness (QED) is 0.841. The largest absolute Gasteiger partial charge is 0.301 e. The highest BCUT2D eigenvalue weighted by Gasteiger charge is 2.32. The fourth-order valence-corrected chi connectivity index (χ4v) is 4.08. The lowest BCUT2D eigenvalue weighted by Gasteiger charge is -2.25. The van der Waals surface area contributed by atoms with Gasteiger partial charge < -0.3 is 4.90 Å². The number of likely N-dealkylation sites (tertiary alicyclic amines) is 1. The van der Waals surface area contributed by atoms with Crippen molar-refractivity contribution in [1.29, 1.82) is 0 Å². The molecule has 2 aromatic rings. The van der Waals surface area contributed by atoms with Crippen molar-refractivity contribution in [3.63, 3.8) is 0 Å². The van der Waals surface area contributed by atoms with Crippen molar-refractivity contribution in [2.75, 3.05) is 18.0 Å². The Hall–Kier alpha value is -2.80. The van der Waals surface area contributed by atoms with Gasteiger partial charge in [0.1, 0.15) is 5.82 Å². The molecule has 27 heavy (non-hydrogen) atoms. The second-order valence-corrected chi connectivity index (χ2v) is 7.57. The van der Waals surface area contributed by atoms with Gasteiger partial charge >= 0.3 is 0 Å². The minimum Gasteiger partial charge on any atom is -0.301 e. The molecular formula is C20H22N6O. The third-order valence-electron chi connectivity index (χ3n) is 5.61. The molecule has 0 aliphatic carbocycles. The standard InChI is InChI=1S/C20H22N6O/c1-14-6-8-24(11-14)15-4-5-19(22-10-15)26-12-17-18(23-26)13-25(20(17)27)16-3-2-7-21-9-16/h2-3,5,7,9-10,12,14-15H,4,6,8,11,13H2,1H3/t14-,15?/m0/s1. The topological polar surface area (TPSA) is 66.6 Å². The van der Waals surface area contributed by atoms with E-state index in [-0.39, 0.29) is 5.91 Å². The zero-order chi connectivity index (χ0) is 18.4. The number of carbonyl (C=O) groups excluding carboxylic acids is 1. The van der Waals surface area contributed by atoms with Crippen LogP contribution in [0, 0.1) is 5.92 Å². The van der Waals surface area contributed by atoms with Crippen LogP contribution in [0.3, 0.4) is 0 Å². The molecule has 0 N–H and O–H groups in total. The number of aromatic nitrogens is 3. The van der Waals surface area contributed by atoms with E-state index in [1.807, 2.05) is 18.3 Å². The molecule has 7 heteroatoms. The highest BCUT2D eigenvalue weighted by molar-refractivity contribution is 6.09. The van der Waals surface area contributed by atoms with Gasteiger partial charge in [0.25, 0.3) is 5.91 Å². The average Bonchev–Trinajstić information content (AvgIpc) is 3.39. The van der Waals surface area contributed by atoms with E-state index in [9.17, 15) is 4.79 Å². The van der Waals surface area contributed by atoms with E-state index in [0.29, 0.717) is 18.2 Å². The van der Waals surface area contributed by atoms with Crippen molar-refractivity contribution in [3.05, 3.63) is 48.1 Å². The number of nitrogens with zero attached hydrogens (tertiary/aromatic N) is 6. The van der Waals surface area contributed by atoms with Crippen LogP contribution in [0.15, 0.2) is 41.8 Å². The number of amides is 1. The minimum absolute atomic E-state index is 0.0337. The number of hydrogen-bond donors (Lipinski definition) is 0. The van der Waals surface area contributed by atoms with Gasteiger partial charge in [0.2, 0.25) is 0 Å². The fourth-order valence-electron chi connectivity index (χ4n) is 4.08. The van der Waals surface area contributed by atoms with Gasteiger partial charge in [0, 0.05) is 31.2 Å². The van der Waals surface area contributed by atoms with Crippen LogP contribution >= 0.6 is 0 Å². The van der Waals surface area contributed by atoms with E-state index in [4.69, 9.17) is 0 Å². The van der Waals surface area contributed by atoms with Crippen molar-refractivity contribution < 1.29 is 4.79 Å². The third-order valence-corrected chi connectivity index (χ3v) is 5.61. The van der Waals surface area contributed by atoms with Gasteiger partial charge in [-0.15, -0.1) is 0 Å². The second kappa shape index (κ2) is 6.42. The molecular weight excluding hydrogens is 340 g/mol. The number of carbonyl (C=O) groups is 1. The summed E-state index contributed by atoms with van der Waals surface area (Å²) < 4.78 is 1.74. The minimum atomic E-state index is -0.0337. The monoisotopic (exact) mass is 362 g/mol. The van der Waals surface area contributed by atoms with E-state index >= 15 is 0 Å². The lowest BCUT2D eigenvalue weighted by Crippen LogP contribution is -2.35. The summed E-state index contributed by atoms with van der Waals surface area (Å²) in [6.07, 6.45) is 11.6. The first-order valence-electron chi connectivity index (χ1n) is 9.48. The summed E-state index contributed by atoms with van der Waals surface area (Å²) in [4.78, 5) is 25.7. The van der Waals surface area contributed by atoms with E-state index in [2.05, 4.69) is 33.0 Å². The number of hydrogen-bond acceptors (Lipinski definition) is 5. The molecule has 1 fully saturated rings. The van der Waals surface area contributed by atoms with Gasteiger partial charge in [-0.3, -0.25) is 14.7 Å². The predicted molar refractivity (Wildman–Crippen MR) is 104 cm³/mol. The van der Waals surface area contributed by atoms with Crippen molar-refractivity contribution in [3.8, 4) is 0 Å². The molecule has 1 unspecified atom stereocenters. The van der Waals surface area contributed by atoms with E-state index in [1.54, 1.807) is 28.2 Å². The molecule has 3 aliphatic heterocycles. The van der Waals surface area contributed by atoms with Crippen LogP contribution in [0.25, 0.3) is 5.82 Å². The molecule has 138 valence electrons. The SMILES string of the molecule is C[C@H]1CCN(C2C=NC(n3cc4c(n3)CN(c3cccnc3)C4=O)=CC2)C1.